The third-order valence-corrected chi connectivity index (χ3v) is 14.3. The lowest BCUT2D eigenvalue weighted by Gasteiger charge is -2.23. The van der Waals surface area contributed by atoms with Crippen LogP contribution in [0, 0.1) is 0 Å². The van der Waals surface area contributed by atoms with Crippen molar-refractivity contribution in [3.63, 3.8) is 0 Å². The molecule has 14 rings (SSSR count). The maximum atomic E-state index is 5.20. The number of hydrogen-bond acceptors (Lipinski definition) is 3. The van der Waals surface area contributed by atoms with E-state index in [0.29, 0.717) is 17.5 Å². The normalized spacial score (nSPS) is 13.0. The lowest BCUT2D eigenvalue weighted by Crippen LogP contribution is -2.15. The number of aromatic nitrogens is 5. The van der Waals surface area contributed by atoms with Crippen LogP contribution >= 0.6 is 0 Å². The second kappa shape index (κ2) is 14.2. The SMILES string of the molecule is CC1(C)c2cc3c(cc2-c2ccc4ccccc4c21)c1ccc(-n2c4ccccc4c4ccccc42)cc1n3-c1ccc(-c2nc(-c3ccccc3)nc(-c3ccccc3)n2)c2ccccc12. The number of hydrogen-bond donors (Lipinski definition) is 0. The zero-order valence-corrected chi connectivity index (χ0v) is 36.9. The molecular formula is C62H41N5. The van der Waals surface area contributed by atoms with Gasteiger partial charge in [0.25, 0.3) is 0 Å². The van der Waals surface area contributed by atoms with Gasteiger partial charge in [-0.05, 0) is 86.9 Å². The number of para-hydroxylation sites is 2. The van der Waals surface area contributed by atoms with Gasteiger partial charge in [0.05, 0.1) is 27.8 Å². The summed E-state index contributed by atoms with van der Waals surface area (Å²) in [7, 11) is 0. The summed E-state index contributed by atoms with van der Waals surface area (Å²) in [4.78, 5) is 15.4. The quantitative estimate of drug-likeness (QED) is 0.173. The Bertz CT molecular complexity index is 4070. The van der Waals surface area contributed by atoms with Gasteiger partial charge in [0.1, 0.15) is 0 Å². The molecule has 5 heteroatoms. The van der Waals surface area contributed by atoms with Crippen LogP contribution in [0.25, 0.3) is 122 Å². The molecule has 0 saturated heterocycles. The molecule has 10 aromatic carbocycles. The lowest BCUT2D eigenvalue weighted by atomic mass is 9.80. The summed E-state index contributed by atoms with van der Waals surface area (Å²) in [5, 5.41) is 9.70. The number of nitrogens with zero attached hydrogens (tertiary/aromatic N) is 5. The summed E-state index contributed by atoms with van der Waals surface area (Å²) in [5.41, 5.74) is 14.9. The maximum absolute atomic E-state index is 5.20. The van der Waals surface area contributed by atoms with Crippen LogP contribution in [0.15, 0.2) is 212 Å². The molecule has 0 saturated carbocycles. The van der Waals surface area contributed by atoms with Gasteiger partial charge in [-0.1, -0.05) is 178 Å². The molecule has 0 N–H and O–H groups in total. The van der Waals surface area contributed by atoms with Gasteiger partial charge in [-0.3, -0.25) is 0 Å². The predicted octanol–water partition coefficient (Wildman–Crippen LogP) is 15.7. The highest BCUT2D eigenvalue weighted by atomic mass is 15.0. The minimum Gasteiger partial charge on any atom is -0.309 e. The molecule has 0 amide bonds. The first-order valence-corrected chi connectivity index (χ1v) is 23.0. The number of benzene rings is 10. The molecule has 13 aromatic rings. The highest BCUT2D eigenvalue weighted by Gasteiger charge is 2.38. The Kier molecular flexibility index (Phi) is 7.97. The maximum Gasteiger partial charge on any atom is 0.164 e. The molecule has 1 aliphatic rings. The van der Waals surface area contributed by atoms with E-state index in [1.54, 1.807) is 0 Å². The number of rotatable bonds is 5. The molecule has 5 nitrogen and oxygen atoms in total. The predicted molar refractivity (Wildman–Crippen MR) is 277 cm³/mol. The fourth-order valence-electron chi connectivity index (χ4n) is 11.3. The molecule has 3 heterocycles. The Balaban J connectivity index is 1.05. The van der Waals surface area contributed by atoms with E-state index in [0.717, 1.165) is 44.4 Å². The molecule has 67 heavy (non-hydrogen) atoms. The van der Waals surface area contributed by atoms with Crippen LogP contribution in [0.4, 0.5) is 0 Å². The van der Waals surface area contributed by atoms with Gasteiger partial charge in [0, 0.05) is 54.7 Å². The van der Waals surface area contributed by atoms with Crippen LogP contribution in [-0.2, 0) is 5.41 Å². The third kappa shape index (κ3) is 5.52. The van der Waals surface area contributed by atoms with Gasteiger partial charge in [-0.2, -0.15) is 0 Å². The number of fused-ring (bicyclic) bond motifs is 12. The van der Waals surface area contributed by atoms with Crippen molar-refractivity contribution < 1.29 is 0 Å². The summed E-state index contributed by atoms with van der Waals surface area (Å²) in [6, 6.07) is 76.6. The molecule has 0 radical (unpaired) electrons. The van der Waals surface area contributed by atoms with E-state index >= 15 is 0 Å². The van der Waals surface area contributed by atoms with Crippen LogP contribution in [0.2, 0.25) is 0 Å². The average molecular weight is 856 g/mol. The molecule has 0 spiro atoms. The van der Waals surface area contributed by atoms with E-state index in [2.05, 4.69) is 199 Å². The third-order valence-electron chi connectivity index (χ3n) is 14.3. The lowest BCUT2D eigenvalue weighted by molar-refractivity contribution is 0.667. The average Bonchev–Trinajstić information content (AvgIpc) is 3.97. The first-order valence-electron chi connectivity index (χ1n) is 23.0. The van der Waals surface area contributed by atoms with E-state index in [-0.39, 0.29) is 5.41 Å². The second-order valence-electron chi connectivity index (χ2n) is 18.4. The summed E-state index contributed by atoms with van der Waals surface area (Å²) >= 11 is 0. The summed E-state index contributed by atoms with van der Waals surface area (Å²) in [5.74, 6) is 1.92. The van der Waals surface area contributed by atoms with Crippen LogP contribution in [-0.4, -0.2) is 24.1 Å². The van der Waals surface area contributed by atoms with Gasteiger partial charge >= 0.3 is 0 Å². The van der Waals surface area contributed by atoms with Crippen molar-refractivity contribution in [2.75, 3.05) is 0 Å². The summed E-state index contributed by atoms with van der Waals surface area (Å²) < 4.78 is 4.94. The minimum absolute atomic E-state index is 0.229. The Labute approximate surface area is 386 Å². The Morgan fingerprint density at radius 3 is 1.57 bits per heavy atom. The van der Waals surface area contributed by atoms with Crippen molar-refractivity contribution in [1.29, 1.82) is 0 Å². The molecular weight excluding hydrogens is 815 g/mol. The van der Waals surface area contributed by atoms with E-state index < -0.39 is 0 Å². The molecule has 0 bridgehead atoms. The fraction of sp³-hybridized carbons (Fsp3) is 0.0484. The van der Waals surface area contributed by atoms with Crippen molar-refractivity contribution in [1.82, 2.24) is 24.1 Å². The van der Waals surface area contributed by atoms with Gasteiger partial charge in [0.15, 0.2) is 17.5 Å². The van der Waals surface area contributed by atoms with Crippen LogP contribution in [0.3, 0.4) is 0 Å². The molecule has 0 aliphatic heterocycles. The monoisotopic (exact) mass is 855 g/mol. The molecule has 0 atom stereocenters. The van der Waals surface area contributed by atoms with Crippen LogP contribution in [0.5, 0.6) is 0 Å². The summed E-state index contributed by atoms with van der Waals surface area (Å²) in [6.45, 7) is 4.80. The van der Waals surface area contributed by atoms with Gasteiger partial charge < -0.3 is 9.13 Å². The standard InChI is InChI=1S/C62H41N5/c1-62(2)52-37-57-51(36-50(52)48-31-29-38-17-9-10-22-42(38)58(48)62)47-32-30-41(66-53-27-15-13-25-45(53)46-26-14-16-28-54(46)66)35-56(47)67(57)55-34-33-49(43-23-11-12-24-44(43)55)61-64-59(39-18-5-3-6-19-39)63-60(65-61)40-20-7-4-8-21-40/h3-37H,1-2H3. The Hall–Kier alpha value is -8.67. The van der Waals surface area contributed by atoms with E-state index in [9.17, 15) is 0 Å². The van der Waals surface area contributed by atoms with Crippen molar-refractivity contribution in [3.05, 3.63) is 223 Å². The Morgan fingerprint density at radius 1 is 0.343 bits per heavy atom. The highest BCUT2D eigenvalue weighted by Crippen LogP contribution is 2.53. The summed E-state index contributed by atoms with van der Waals surface area (Å²) in [6.07, 6.45) is 0. The van der Waals surface area contributed by atoms with Crippen molar-refractivity contribution in [3.8, 4) is 56.7 Å². The zero-order valence-electron chi connectivity index (χ0n) is 36.9. The molecule has 1 aliphatic carbocycles. The largest absolute Gasteiger partial charge is 0.309 e. The smallest absolute Gasteiger partial charge is 0.164 e. The zero-order chi connectivity index (χ0) is 44.4. The van der Waals surface area contributed by atoms with Gasteiger partial charge in [-0.15, -0.1) is 0 Å². The van der Waals surface area contributed by atoms with E-state index in [1.165, 1.54) is 71.1 Å². The van der Waals surface area contributed by atoms with Crippen LogP contribution < -0.4 is 0 Å². The van der Waals surface area contributed by atoms with Gasteiger partial charge in [-0.25, -0.2) is 15.0 Å². The molecule has 0 fully saturated rings. The molecule has 3 aromatic heterocycles. The minimum atomic E-state index is -0.229. The van der Waals surface area contributed by atoms with Crippen molar-refractivity contribution in [2.45, 2.75) is 19.3 Å². The second-order valence-corrected chi connectivity index (χ2v) is 18.4. The van der Waals surface area contributed by atoms with E-state index in [4.69, 9.17) is 15.0 Å². The molecule has 314 valence electrons. The first-order chi connectivity index (χ1) is 33.0. The van der Waals surface area contributed by atoms with Crippen LogP contribution in [0.1, 0.15) is 25.0 Å². The van der Waals surface area contributed by atoms with Crippen molar-refractivity contribution >= 4 is 65.2 Å². The van der Waals surface area contributed by atoms with Crippen molar-refractivity contribution in [2.24, 2.45) is 0 Å². The topological polar surface area (TPSA) is 48.5 Å². The highest BCUT2D eigenvalue weighted by molar-refractivity contribution is 6.15. The van der Waals surface area contributed by atoms with Gasteiger partial charge in [0.2, 0.25) is 0 Å². The first kappa shape index (κ1) is 37.7. The van der Waals surface area contributed by atoms with E-state index in [1.807, 2.05) is 36.4 Å². The molecule has 0 unspecified atom stereocenters. The Morgan fingerprint density at radius 2 is 0.881 bits per heavy atom. The fourth-order valence-corrected chi connectivity index (χ4v) is 11.3.